The first kappa shape index (κ1) is 26.5. The summed E-state index contributed by atoms with van der Waals surface area (Å²) in [7, 11) is 0. The number of amides is 2. The smallest absolute Gasteiger partial charge is 0.292 e. The predicted octanol–water partition coefficient (Wildman–Crippen LogP) is 6.35. The number of nitrogens with one attached hydrogen (secondary N) is 1. The van der Waals surface area contributed by atoms with E-state index in [1.54, 1.807) is 24.3 Å². The number of hydrogen-bond donors (Lipinski definition) is 1. The highest BCUT2D eigenvalue weighted by atomic mass is 35.5. The van der Waals surface area contributed by atoms with Gasteiger partial charge in [-0.05, 0) is 55.5 Å². The Bertz CT molecular complexity index is 1230. The largest absolute Gasteiger partial charge is 0.490 e. The van der Waals surface area contributed by atoms with Gasteiger partial charge in [0.2, 0.25) is 11.7 Å². The molecule has 0 unspecified atom stereocenters. The maximum absolute atomic E-state index is 13.3. The molecule has 2 heterocycles. The van der Waals surface area contributed by atoms with Gasteiger partial charge in [-0.15, -0.1) is 0 Å². The Balaban J connectivity index is 1.57. The zero-order valence-electron chi connectivity index (χ0n) is 21.2. The molecular formula is C28H32ClN3O5. The molecule has 0 atom stereocenters. The fourth-order valence-electron chi connectivity index (χ4n) is 4.10. The van der Waals surface area contributed by atoms with Gasteiger partial charge >= 0.3 is 0 Å². The van der Waals surface area contributed by atoms with Crippen LogP contribution in [-0.2, 0) is 11.2 Å². The number of halogens is 1. The van der Waals surface area contributed by atoms with Crippen LogP contribution in [0.1, 0.15) is 55.8 Å². The molecule has 0 saturated heterocycles. The van der Waals surface area contributed by atoms with E-state index in [0.717, 1.165) is 31.4 Å². The van der Waals surface area contributed by atoms with Crippen LogP contribution in [0.3, 0.4) is 0 Å². The number of carbonyl (C=O) groups is 2. The summed E-state index contributed by atoms with van der Waals surface area (Å²) in [5.74, 6) is 1.35. The summed E-state index contributed by atoms with van der Waals surface area (Å²) in [6, 6.07) is 14.1. The summed E-state index contributed by atoms with van der Waals surface area (Å²) in [4.78, 5) is 27.9. The first-order valence-corrected chi connectivity index (χ1v) is 13.0. The van der Waals surface area contributed by atoms with Crippen LogP contribution in [0, 0.1) is 5.92 Å². The fourth-order valence-corrected chi connectivity index (χ4v) is 4.27. The molecule has 0 radical (unpaired) electrons. The van der Waals surface area contributed by atoms with E-state index in [4.69, 9.17) is 25.6 Å². The lowest BCUT2D eigenvalue weighted by Crippen LogP contribution is -2.38. The van der Waals surface area contributed by atoms with E-state index in [1.807, 2.05) is 24.3 Å². The Morgan fingerprint density at radius 3 is 2.65 bits per heavy atom. The number of nitrogens with zero attached hydrogens (tertiary/aromatic N) is 2. The first-order valence-electron chi connectivity index (χ1n) is 12.6. The number of fused-ring (bicyclic) bond motifs is 2. The monoisotopic (exact) mass is 525 g/mol. The maximum Gasteiger partial charge on any atom is 0.292 e. The summed E-state index contributed by atoms with van der Waals surface area (Å²) in [5, 5.41) is 7.32. The third-order valence-electron chi connectivity index (χ3n) is 5.87. The molecule has 8 nitrogen and oxygen atoms in total. The van der Waals surface area contributed by atoms with E-state index in [-0.39, 0.29) is 24.1 Å². The molecule has 0 bridgehead atoms. The Labute approximate surface area is 221 Å². The highest BCUT2D eigenvalue weighted by molar-refractivity contribution is 6.31. The van der Waals surface area contributed by atoms with Crippen molar-refractivity contribution in [1.82, 2.24) is 10.1 Å². The van der Waals surface area contributed by atoms with Gasteiger partial charge in [-0.2, -0.15) is 0 Å². The van der Waals surface area contributed by atoms with Crippen molar-refractivity contribution in [2.75, 3.05) is 25.0 Å². The van der Waals surface area contributed by atoms with Gasteiger partial charge in [0, 0.05) is 17.6 Å². The summed E-state index contributed by atoms with van der Waals surface area (Å²) in [6.07, 6.45) is 4.13. The number of benzene rings is 2. The summed E-state index contributed by atoms with van der Waals surface area (Å²) >= 11 is 6.22. The predicted molar refractivity (Wildman–Crippen MR) is 142 cm³/mol. The number of anilines is 1. The van der Waals surface area contributed by atoms with Gasteiger partial charge in [-0.1, -0.05) is 55.6 Å². The molecule has 4 rings (SSSR count). The van der Waals surface area contributed by atoms with Crippen LogP contribution in [0.25, 0.3) is 0 Å². The number of ether oxygens (including phenoxy) is 2. The lowest BCUT2D eigenvalue weighted by Gasteiger charge is -2.22. The second-order valence-electron chi connectivity index (χ2n) is 9.51. The van der Waals surface area contributed by atoms with E-state index in [1.165, 1.54) is 4.90 Å². The number of hydrogen-bond acceptors (Lipinski definition) is 6. The highest BCUT2D eigenvalue weighted by Gasteiger charge is 2.24. The van der Waals surface area contributed by atoms with Crippen LogP contribution >= 0.6 is 11.6 Å². The van der Waals surface area contributed by atoms with Crippen molar-refractivity contribution in [2.45, 2.75) is 46.0 Å². The molecule has 0 aliphatic carbocycles. The molecule has 0 fully saturated rings. The molecule has 0 saturated carbocycles. The van der Waals surface area contributed by atoms with Crippen LogP contribution < -0.4 is 14.8 Å². The Morgan fingerprint density at radius 1 is 1.05 bits per heavy atom. The molecule has 1 aliphatic heterocycles. The molecule has 1 aliphatic rings. The topological polar surface area (TPSA) is 93.9 Å². The van der Waals surface area contributed by atoms with E-state index < -0.39 is 0 Å². The molecule has 2 amide bonds. The summed E-state index contributed by atoms with van der Waals surface area (Å²) in [6.45, 7) is 4.95. The Morgan fingerprint density at radius 2 is 1.84 bits per heavy atom. The van der Waals surface area contributed by atoms with Gasteiger partial charge in [0.1, 0.15) is 6.54 Å². The van der Waals surface area contributed by atoms with E-state index in [9.17, 15) is 9.59 Å². The minimum Gasteiger partial charge on any atom is -0.490 e. The SMILES string of the molecule is CC(C)Cc1cc(C(=O)N2CCCCCCOc3ccccc3Oc3ccc(Cl)cc3NC(=O)C2)on1. The van der Waals surface area contributed by atoms with Crippen LogP contribution in [0.2, 0.25) is 5.02 Å². The molecule has 196 valence electrons. The first-order chi connectivity index (χ1) is 17.9. The Hall–Kier alpha value is -3.52. The number of carbonyl (C=O) groups excluding carboxylic acids is 2. The third kappa shape index (κ3) is 7.49. The summed E-state index contributed by atoms with van der Waals surface area (Å²) in [5.41, 5.74) is 1.11. The molecule has 0 spiro atoms. The Kier molecular flexibility index (Phi) is 9.06. The van der Waals surface area contributed by atoms with Crippen molar-refractivity contribution in [3.05, 3.63) is 65.0 Å². The minimum atomic E-state index is -0.376. The van der Waals surface area contributed by atoms with Crippen molar-refractivity contribution in [3.8, 4) is 17.2 Å². The van der Waals surface area contributed by atoms with Gasteiger partial charge in [-0.25, -0.2) is 0 Å². The van der Waals surface area contributed by atoms with Crippen molar-refractivity contribution in [2.24, 2.45) is 5.92 Å². The molecule has 9 heteroatoms. The van der Waals surface area contributed by atoms with E-state index >= 15 is 0 Å². The van der Waals surface area contributed by atoms with Crippen molar-refractivity contribution < 1.29 is 23.6 Å². The van der Waals surface area contributed by atoms with Crippen LogP contribution in [0.4, 0.5) is 5.69 Å². The second-order valence-corrected chi connectivity index (χ2v) is 9.94. The third-order valence-corrected chi connectivity index (χ3v) is 6.11. The van der Waals surface area contributed by atoms with E-state index in [2.05, 4.69) is 24.3 Å². The van der Waals surface area contributed by atoms with Crippen LogP contribution in [-0.4, -0.2) is 41.6 Å². The average molecular weight is 526 g/mol. The molecule has 2 aromatic carbocycles. The molecule has 1 aromatic heterocycles. The van der Waals surface area contributed by atoms with Gasteiger partial charge in [0.15, 0.2) is 17.2 Å². The van der Waals surface area contributed by atoms with Crippen LogP contribution in [0.15, 0.2) is 53.1 Å². The molecular weight excluding hydrogens is 494 g/mol. The molecule has 3 aromatic rings. The number of para-hydroxylation sites is 2. The second kappa shape index (κ2) is 12.6. The van der Waals surface area contributed by atoms with E-state index in [0.29, 0.717) is 53.4 Å². The van der Waals surface area contributed by atoms with Gasteiger partial charge in [0.25, 0.3) is 5.91 Å². The average Bonchev–Trinajstić information content (AvgIpc) is 3.32. The van der Waals surface area contributed by atoms with Gasteiger partial charge in [-0.3, -0.25) is 9.59 Å². The standard InChI is InChI=1S/C28H32ClN3O5/c1-19(2)15-21-17-26(37-31-21)28(34)32-13-7-3-4-8-14-35-24-9-5-6-10-25(24)36-23-12-11-20(29)16-22(23)30-27(33)18-32/h5-6,9-12,16-17,19H,3-4,7-8,13-15,18H2,1-2H3,(H,30,33). The quantitative estimate of drug-likeness (QED) is 0.428. The lowest BCUT2D eigenvalue weighted by atomic mass is 10.1. The van der Waals surface area contributed by atoms with Crippen molar-refractivity contribution in [1.29, 1.82) is 0 Å². The maximum atomic E-state index is 13.3. The van der Waals surface area contributed by atoms with Gasteiger partial charge in [0.05, 0.1) is 18.0 Å². The lowest BCUT2D eigenvalue weighted by molar-refractivity contribution is -0.116. The fraction of sp³-hybridized carbons (Fsp3) is 0.393. The molecule has 37 heavy (non-hydrogen) atoms. The molecule has 1 N–H and O–H groups in total. The van der Waals surface area contributed by atoms with Crippen LogP contribution in [0.5, 0.6) is 17.2 Å². The van der Waals surface area contributed by atoms with Gasteiger partial charge < -0.3 is 24.2 Å². The highest BCUT2D eigenvalue weighted by Crippen LogP contribution is 2.36. The normalized spacial score (nSPS) is 15.2. The number of rotatable bonds is 3. The van der Waals surface area contributed by atoms with Crippen molar-refractivity contribution in [3.63, 3.8) is 0 Å². The summed E-state index contributed by atoms with van der Waals surface area (Å²) < 4.78 is 17.4. The minimum absolute atomic E-state index is 0.134. The zero-order chi connectivity index (χ0) is 26.2. The number of aromatic nitrogens is 1. The zero-order valence-corrected chi connectivity index (χ0v) is 21.9. The van der Waals surface area contributed by atoms with Crippen molar-refractivity contribution >= 4 is 29.1 Å².